The van der Waals surface area contributed by atoms with Crippen molar-refractivity contribution < 1.29 is 18.7 Å². The first kappa shape index (κ1) is 30.6. The smallest absolute Gasteiger partial charge is 0.407 e. The molecule has 1 aromatic heterocycles. The first-order chi connectivity index (χ1) is 20.9. The molecule has 9 heteroatoms. The Labute approximate surface area is 253 Å². The number of carbonyl (C=O) groups is 1. The highest BCUT2D eigenvalue weighted by atomic mass is 19.1. The number of alkyl carbamates (subject to hydrolysis) is 1. The highest BCUT2D eigenvalue weighted by Crippen LogP contribution is 2.52. The molecule has 0 radical (unpaired) electrons. The van der Waals surface area contributed by atoms with E-state index in [1.165, 1.54) is 6.07 Å². The molecule has 228 valence electrons. The third-order valence-corrected chi connectivity index (χ3v) is 9.48. The maximum Gasteiger partial charge on any atom is 0.407 e. The first-order valence-electron chi connectivity index (χ1n) is 15.4. The van der Waals surface area contributed by atoms with Gasteiger partial charge in [0, 0.05) is 43.9 Å². The Morgan fingerprint density at radius 3 is 2.63 bits per heavy atom. The maximum absolute atomic E-state index is 14.9. The summed E-state index contributed by atoms with van der Waals surface area (Å²) in [5.74, 6) is 1.76. The van der Waals surface area contributed by atoms with Crippen LogP contribution in [0, 0.1) is 35.9 Å². The van der Waals surface area contributed by atoms with Gasteiger partial charge in [0.05, 0.1) is 18.2 Å². The predicted octanol–water partition coefficient (Wildman–Crippen LogP) is 5.85. The van der Waals surface area contributed by atoms with E-state index in [-0.39, 0.29) is 23.8 Å². The number of benzene rings is 2. The molecule has 0 spiro atoms. The summed E-state index contributed by atoms with van der Waals surface area (Å²) in [6.07, 6.45) is 8.68. The largest absolute Gasteiger partial charge is 0.494 e. The van der Waals surface area contributed by atoms with Gasteiger partial charge in [-0.05, 0) is 106 Å². The lowest BCUT2D eigenvalue weighted by atomic mass is 9.58. The fourth-order valence-electron chi connectivity index (χ4n) is 7.35. The predicted molar refractivity (Wildman–Crippen MR) is 162 cm³/mol. The molecule has 2 aromatic carbocycles. The van der Waals surface area contributed by atoms with E-state index >= 15 is 0 Å². The molecule has 1 aliphatic carbocycles. The van der Waals surface area contributed by atoms with Crippen molar-refractivity contribution in [1.29, 1.82) is 5.26 Å². The molecular weight excluding hydrogens is 545 g/mol. The Bertz CT molecular complexity index is 1400. The van der Waals surface area contributed by atoms with Crippen molar-refractivity contribution >= 4 is 6.09 Å². The average molecular weight is 588 g/mol. The Balaban J connectivity index is 1.35. The fraction of sp³-hybridized carbons (Fsp3) is 0.500. The maximum atomic E-state index is 14.9. The van der Waals surface area contributed by atoms with Crippen molar-refractivity contribution in [2.75, 3.05) is 33.3 Å². The molecule has 0 bridgehead atoms. The highest BCUT2D eigenvalue weighted by Gasteiger charge is 2.53. The molecule has 2 aliphatic rings. The molecule has 2 heterocycles. The van der Waals surface area contributed by atoms with Gasteiger partial charge in [-0.25, -0.2) is 14.2 Å². The van der Waals surface area contributed by atoms with Crippen LogP contribution in [0.15, 0.2) is 60.9 Å². The van der Waals surface area contributed by atoms with Crippen molar-refractivity contribution in [1.82, 2.24) is 19.8 Å². The SMILES string of the molecule is CNC(=O)O[C@H]1CCC[C@@H]1[C@](Cn1ccnc1C)(c1cccc(F)c1)C1CCN(CCCOc2ccc(C#N)cc2)CC1. The minimum Gasteiger partial charge on any atom is -0.494 e. The number of nitriles is 1. The summed E-state index contributed by atoms with van der Waals surface area (Å²) in [6.45, 7) is 6.09. The summed E-state index contributed by atoms with van der Waals surface area (Å²) in [7, 11) is 1.59. The number of halogens is 1. The van der Waals surface area contributed by atoms with Crippen molar-refractivity contribution in [3.8, 4) is 11.8 Å². The standard InChI is InChI=1S/C34H42FN5O3/c1-25-38-16-20-40(25)24-34(28-6-3-7-29(35)22-28,31-8-4-9-32(31)43-33(41)37-2)27-14-18-39(19-15-27)17-5-21-42-30-12-10-26(23-36)11-13-30/h3,6-7,10-13,16,20,22,27,31-32H,4-5,8-9,14-15,17-19,21,24H2,1-2H3,(H,37,41)/t31-,32-,34-/m0/s1. The average Bonchev–Trinajstić information content (AvgIpc) is 3.67. The number of nitrogens with one attached hydrogen (secondary N) is 1. The number of hydrogen-bond acceptors (Lipinski definition) is 6. The van der Waals surface area contributed by atoms with Crippen LogP contribution >= 0.6 is 0 Å². The van der Waals surface area contributed by atoms with Gasteiger partial charge >= 0.3 is 6.09 Å². The normalized spacial score (nSPS) is 20.7. The zero-order valence-corrected chi connectivity index (χ0v) is 25.2. The molecule has 5 rings (SSSR count). The van der Waals surface area contributed by atoms with Gasteiger partial charge in [0.1, 0.15) is 23.5 Å². The molecule has 1 saturated heterocycles. The number of imidazole rings is 1. The van der Waals surface area contributed by atoms with Gasteiger partial charge in [-0.2, -0.15) is 5.26 Å². The van der Waals surface area contributed by atoms with E-state index in [9.17, 15) is 9.18 Å². The molecule has 8 nitrogen and oxygen atoms in total. The van der Waals surface area contributed by atoms with Crippen LogP contribution in [0.25, 0.3) is 0 Å². The van der Waals surface area contributed by atoms with Gasteiger partial charge < -0.3 is 24.3 Å². The summed E-state index contributed by atoms with van der Waals surface area (Å²) < 4.78 is 29.0. The van der Waals surface area contributed by atoms with Gasteiger partial charge in [0.25, 0.3) is 0 Å². The second-order valence-corrected chi connectivity index (χ2v) is 11.8. The molecule has 3 aromatic rings. The third-order valence-electron chi connectivity index (χ3n) is 9.48. The van der Waals surface area contributed by atoms with E-state index in [0.29, 0.717) is 18.7 Å². The Morgan fingerprint density at radius 2 is 1.95 bits per heavy atom. The van der Waals surface area contributed by atoms with Gasteiger partial charge in [-0.1, -0.05) is 12.1 Å². The number of rotatable bonds is 11. The first-order valence-corrected chi connectivity index (χ1v) is 15.4. The highest BCUT2D eigenvalue weighted by molar-refractivity contribution is 5.67. The second kappa shape index (κ2) is 14.0. The summed E-state index contributed by atoms with van der Waals surface area (Å²) in [5, 5.41) is 11.6. The molecule has 3 atom stereocenters. The molecule has 1 aliphatic heterocycles. The third kappa shape index (κ3) is 7.02. The minimum atomic E-state index is -0.437. The summed E-state index contributed by atoms with van der Waals surface area (Å²) in [5.41, 5.74) is 1.16. The van der Waals surface area contributed by atoms with Crippen LogP contribution in [0.5, 0.6) is 5.75 Å². The van der Waals surface area contributed by atoms with Crippen LogP contribution in [0.4, 0.5) is 9.18 Å². The number of aromatic nitrogens is 2. The molecule has 43 heavy (non-hydrogen) atoms. The minimum absolute atomic E-state index is 0.0470. The molecule has 0 unspecified atom stereocenters. The number of aryl methyl sites for hydroxylation is 1. The van der Waals surface area contributed by atoms with Crippen LogP contribution < -0.4 is 10.1 Å². The van der Waals surface area contributed by atoms with E-state index < -0.39 is 11.5 Å². The lowest BCUT2D eigenvalue weighted by molar-refractivity contribution is 0.00308. The van der Waals surface area contributed by atoms with Crippen molar-refractivity contribution in [3.05, 3.63) is 83.7 Å². The quantitative estimate of drug-likeness (QED) is 0.283. The molecule has 1 N–H and O–H groups in total. The number of nitrogens with zero attached hydrogens (tertiary/aromatic N) is 4. The molecule has 2 fully saturated rings. The topological polar surface area (TPSA) is 92.4 Å². The van der Waals surface area contributed by atoms with Crippen molar-refractivity contribution in [2.45, 2.75) is 63.5 Å². The van der Waals surface area contributed by atoms with Crippen LogP contribution in [-0.4, -0.2) is 59.9 Å². The van der Waals surface area contributed by atoms with Gasteiger partial charge in [0.15, 0.2) is 0 Å². The summed E-state index contributed by atoms with van der Waals surface area (Å²) in [4.78, 5) is 19.4. The van der Waals surface area contributed by atoms with Crippen molar-refractivity contribution in [2.24, 2.45) is 11.8 Å². The number of amides is 1. The van der Waals surface area contributed by atoms with E-state index in [4.69, 9.17) is 14.7 Å². The molecule has 1 amide bonds. The molecule has 1 saturated carbocycles. The Hall–Kier alpha value is -3.90. The van der Waals surface area contributed by atoms with Crippen LogP contribution in [0.1, 0.15) is 55.5 Å². The van der Waals surface area contributed by atoms with Crippen LogP contribution in [0.2, 0.25) is 0 Å². The fourth-order valence-corrected chi connectivity index (χ4v) is 7.35. The number of piperidine rings is 1. The van der Waals surface area contributed by atoms with Crippen LogP contribution in [0.3, 0.4) is 0 Å². The van der Waals surface area contributed by atoms with E-state index in [2.05, 4.69) is 31.9 Å². The van der Waals surface area contributed by atoms with Crippen LogP contribution in [-0.2, 0) is 16.7 Å². The lowest BCUT2D eigenvalue weighted by Gasteiger charge is -2.50. The summed E-state index contributed by atoms with van der Waals surface area (Å²) >= 11 is 0. The van der Waals surface area contributed by atoms with Crippen molar-refractivity contribution in [3.63, 3.8) is 0 Å². The Kier molecular flexibility index (Phi) is 9.98. The second-order valence-electron chi connectivity index (χ2n) is 11.8. The zero-order valence-electron chi connectivity index (χ0n) is 25.2. The van der Waals surface area contributed by atoms with Gasteiger partial charge in [-0.15, -0.1) is 0 Å². The monoisotopic (exact) mass is 587 g/mol. The van der Waals surface area contributed by atoms with E-state index in [0.717, 1.165) is 75.3 Å². The lowest BCUT2D eigenvalue weighted by Crippen LogP contribution is -2.53. The van der Waals surface area contributed by atoms with Gasteiger partial charge in [0.2, 0.25) is 0 Å². The number of hydrogen-bond donors (Lipinski definition) is 1. The van der Waals surface area contributed by atoms with E-state index in [1.807, 2.05) is 37.5 Å². The number of carbonyl (C=O) groups excluding carboxylic acids is 1. The van der Waals surface area contributed by atoms with E-state index in [1.54, 1.807) is 25.2 Å². The molecular formula is C34H42FN5O3. The number of likely N-dealkylation sites (tertiary alicyclic amines) is 1. The zero-order chi connectivity index (χ0) is 30.2. The Morgan fingerprint density at radius 1 is 1.16 bits per heavy atom. The summed E-state index contributed by atoms with van der Waals surface area (Å²) in [6, 6.07) is 16.4. The van der Waals surface area contributed by atoms with Gasteiger partial charge in [-0.3, -0.25) is 0 Å². The number of ether oxygens (including phenoxy) is 2.